The Balaban J connectivity index is 2.05. The molecule has 2 amide bonds. The van der Waals surface area contributed by atoms with Crippen molar-refractivity contribution in [3.8, 4) is 0 Å². The Morgan fingerprint density at radius 3 is 2.44 bits per heavy atom. The van der Waals surface area contributed by atoms with Crippen LogP contribution in [0.15, 0.2) is 36.4 Å². The van der Waals surface area contributed by atoms with Gasteiger partial charge in [-0.3, -0.25) is 9.59 Å². The summed E-state index contributed by atoms with van der Waals surface area (Å²) in [5, 5.41) is 5.69. The Labute approximate surface area is 148 Å². The molecule has 1 heterocycles. The molecule has 2 aromatic rings. The van der Waals surface area contributed by atoms with Crippen LogP contribution in [0.3, 0.4) is 0 Å². The summed E-state index contributed by atoms with van der Waals surface area (Å²) in [6, 6.07) is 10.8. The number of nitrogens with one attached hydrogen (secondary N) is 2. The van der Waals surface area contributed by atoms with Crippen LogP contribution < -0.4 is 10.6 Å². The Morgan fingerprint density at radius 2 is 1.72 bits per heavy atom. The van der Waals surface area contributed by atoms with E-state index in [4.69, 9.17) is 0 Å². The molecule has 0 aliphatic heterocycles. The van der Waals surface area contributed by atoms with E-state index in [0.29, 0.717) is 6.54 Å². The van der Waals surface area contributed by atoms with Crippen molar-refractivity contribution < 1.29 is 9.59 Å². The van der Waals surface area contributed by atoms with Gasteiger partial charge in [0, 0.05) is 12.2 Å². The second kappa shape index (κ2) is 8.97. The van der Waals surface area contributed by atoms with Crippen LogP contribution in [-0.2, 0) is 0 Å². The molecule has 0 aliphatic carbocycles. The van der Waals surface area contributed by atoms with E-state index in [9.17, 15) is 9.59 Å². The summed E-state index contributed by atoms with van der Waals surface area (Å²) in [6.45, 7) is 6.63. The lowest BCUT2D eigenvalue weighted by Gasteiger charge is -2.10. The van der Waals surface area contributed by atoms with Crippen molar-refractivity contribution in [2.45, 2.75) is 40.0 Å². The Morgan fingerprint density at radius 1 is 1.00 bits per heavy atom. The topological polar surface area (TPSA) is 71.1 Å². The molecular formula is C20H25N3O2. The summed E-state index contributed by atoms with van der Waals surface area (Å²) >= 11 is 0. The zero-order chi connectivity index (χ0) is 18.2. The van der Waals surface area contributed by atoms with Crippen LogP contribution >= 0.6 is 0 Å². The first-order valence-electron chi connectivity index (χ1n) is 8.65. The number of nitrogens with zero attached hydrogens (tertiary/aromatic N) is 1. The van der Waals surface area contributed by atoms with Gasteiger partial charge in [0.15, 0.2) is 0 Å². The lowest BCUT2D eigenvalue weighted by atomic mass is 10.1. The van der Waals surface area contributed by atoms with Crippen molar-refractivity contribution in [3.05, 3.63) is 58.9 Å². The van der Waals surface area contributed by atoms with E-state index in [1.54, 1.807) is 18.2 Å². The average molecular weight is 339 g/mol. The van der Waals surface area contributed by atoms with E-state index in [0.717, 1.165) is 36.1 Å². The maximum Gasteiger partial charge on any atom is 0.274 e. The molecule has 25 heavy (non-hydrogen) atoms. The number of hydrogen-bond acceptors (Lipinski definition) is 3. The molecule has 0 fully saturated rings. The number of carbonyl (C=O) groups is 2. The van der Waals surface area contributed by atoms with E-state index in [1.807, 2.05) is 32.0 Å². The predicted molar refractivity (Wildman–Crippen MR) is 100.0 cm³/mol. The summed E-state index contributed by atoms with van der Waals surface area (Å²) in [4.78, 5) is 28.8. The van der Waals surface area contributed by atoms with E-state index in [1.165, 1.54) is 0 Å². The van der Waals surface area contributed by atoms with Crippen LogP contribution in [0.1, 0.15) is 58.3 Å². The summed E-state index contributed by atoms with van der Waals surface area (Å²) in [5.41, 5.74) is 3.27. The minimum Gasteiger partial charge on any atom is -0.351 e. The van der Waals surface area contributed by atoms with Crippen molar-refractivity contribution in [1.82, 2.24) is 10.3 Å². The lowest BCUT2D eigenvalue weighted by Crippen LogP contribution is -2.26. The molecule has 0 atom stereocenters. The van der Waals surface area contributed by atoms with E-state index in [-0.39, 0.29) is 23.2 Å². The van der Waals surface area contributed by atoms with Crippen LogP contribution in [-0.4, -0.2) is 23.3 Å². The third-order valence-electron chi connectivity index (χ3n) is 3.92. The molecule has 0 spiro atoms. The third-order valence-corrected chi connectivity index (χ3v) is 3.92. The number of aryl methyl sites for hydroxylation is 2. The van der Waals surface area contributed by atoms with Gasteiger partial charge in [0.05, 0.1) is 0 Å². The number of pyridine rings is 1. The molecule has 1 aromatic heterocycles. The zero-order valence-electron chi connectivity index (χ0n) is 15.1. The highest BCUT2D eigenvalue weighted by Crippen LogP contribution is 2.17. The second-order valence-electron chi connectivity index (χ2n) is 6.14. The number of hydrogen-bond donors (Lipinski definition) is 2. The normalized spacial score (nSPS) is 10.4. The molecule has 0 saturated heterocycles. The van der Waals surface area contributed by atoms with Crippen molar-refractivity contribution in [1.29, 1.82) is 0 Å². The fraction of sp³-hybridized carbons (Fsp3) is 0.350. The largest absolute Gasteiger partial charge is 0.351 e. The van der Waals surface area contributed by atoms with Crippen molar-refractivity contribution in [2.24, 2.45) is 0 Å². The summed E-state index contributed by atoms with van der Waals surface area (Å²) < 4.78 is 0. The summed E-state index contributed by atoms with van der Waals surface area (Å²) in [6.07, 6.45) is 3.11. The van der Waals surface area contributed by atoms with Gasteiger partial charge in [-0.1, -0.05) is 38.0 Å². The van der Waals surface area contributed by atoms with Gasteiger partial charge in [0.2, 0.25) is 0 Å². The minimum absolute atomic E-state index is 0.224. The number of unbranched alkanes of at least 4 members (excludes halogenated alkanes) is 2. The van der Waals surface area contributed by atoms with Crippen molar-refractivity contribution in [3.63, 3.8) is 0 Å². The Kier molecular flexibility index (Phi) is 6.69. The van der Waals surface area contributed by atoms with Gasteiger partial charge in [-0.25, -0.2) is 4.98 Å². The number of anilines is 1. The maximum atomic E-state index is 12.4. The number of aromatic nitrogens is 1. The van der Waals surface area contributed by atoms with Crippen LogP contribution in [0.5, 0.6) is 0 Å². The highest BCUT2D eigenvalue weighted by molar-refractivity contribution is 6.04. The van der Waals surface area contributed by atoms with Gasteiger partial charge in [-0.2, -0.15) is 0 Å². The van der Waals surface area contributed by atoms with Gasteiger partial charge in [0.25, 0.3) is 11.8 Å². The Hall–Kier alpha value is -2.69. The smallest absolute Gasteiger partial charge is 0.274 e. The molecule has 0 unspecified atom stereocenters. The molecule has 0 aliphatic rings. The number of carbonyl (C=O) groups excluding carboxylic acids is 2. The van der Waals surface area contributed by atoms with E-state index >= 15 is 0 Å². The fourth-order valence-electron chi connectivity index (χ4n) is 2.41. The monoisotopic (exact) mass is 339 g/mol. The number of amides is 2. The first-order chi connectivity index (χ1) is 12.0. The van der Waals surface area contributed by atoms with Crippen LogP contribution in [0.4, 0.5) is 5.69 Å². The molecule has 2 rings (SSSR count). The molecule has 2 N–H and O–H groups in total. The van der Waals surface area contributed by atoms with Gasteiger partial charge in [-0.05, 0) is 49.6 Å². The highest BCUT2D eigenvalue weighted by Gasteiger charge is 2.13. The number of benzene rings is 1. The van der Waals surface area contributed by atoms with Gasteiger partial charge in [-0.15, -0.1) is 0 Å². The van der Waals surface area contributed by atoms with Crippen molar-refractivity contribution in [2.75, 3.05) is 11.9 Å². The van der Waals surface area contributed by atoms with E-state index in [2.05, 4.69) is 22.5 Å². The van der Waals surface area contributed by atoms with Gasteiger partial charge in [0.1, 0.15) is 11.4 Å². The highest BCUT2D eigenvalue weighted by atomic mass is 16.2. The molecule has 5 nitrogen and oxygen atoms in total. The molecule has 1 aromatic carbocycles. The molecular weight excluding hydrogens is 314 g/mol. The fourth-order valence-corrected chi connectivity index (χ4v) is 2.41. The number of rotatable bonds is 7. The molecule has 5 heteroatoms. The summed E-state index contributed by atoms with van der Waals surface area (Å²) in [5.74, 6) is -0.577. The van der Waals surface area contributed by atoms with Crippen LogP contribution in [0, 0.1) is 13.8 Å². The van der Waals surface area contributed by atoms with Gasteiger partial charge < -0.3 is 10.6 Å². The van der Waals surface area contributed by atoms with E-state index < -0.39 is 0 Å². The maximum absolute atomic E-state index is 12.4. The minimum atomic E-state index is -0.325. The van der Waals surface area contributed by atoms with Crippen LogP contribution in [0.25, 0.3) is 0 Å². The Bertz CT molecular complexity index is 756. The van der Waals surface area contributed by atoms with Crippen molar-refractivity contribution >= 4 is 17.5 Å². The third kappa shape index (κ3) is 5.41. The zero-order valence-corrected chi connectivity index (χ0v) is 15.1. The molecule has 0 radical (unpaired) electrons. The van der Waals surface area contributed by atoms with Gasteiger partial charge >= 0.3 is 0 Å². The molecule has 132 valence electrons. The quantitative estimate of drug-likeness (QED) is 0.752. The molecule has 0 saturated carbocycles. The first kappa shape index (κ1) is 18.6. The summed E-state index contributed by atoms with van der Waals surface area (Å²) in [7, 11) is 0. The second-order valence-corrected chi connectivity index (χ2v) is 6.14. The predicted octanol–water partition coefficient (Wildman–Crippen LogP) is 3.87. The first-order valence-corrected chi connectivity index (χ1v) is 8.65. The average Bonchev–Trinajstić information content (AvgIpc) is 2.61. The SMILES string of the molecule is CCCCCNC(=O)c1cccc(C(=O)Nc2cc(C)ccc2C)n1. The lowest BCUT2D eigenvalue weighted by molar-refractivity contribution is 0.0948. The standard InChI is InChI=1S/C20H25N3O2/c1-4-5-6-12-21-19(24)16-8-7-9-17(22-16)20(25)23-18-13-14(2)10-11-15(18)3/h7-11,13H,4-6,12H2,1-3H3,(H,21,24)(H,23,25). The molecule has 0 bridgehead atoms. The van der Waals surface area contributed by atoms with Crippen LogP contribution in [0.2, 0.25) is 0 Å².